The highest BCUT2D eigenvalue weighted by atomic mass is 32.2. The Kier molecular flexibility index (Phi) is 7.92. The number of hydrogen-bond acceptors (Lipinski definition) is 8. The van der Waals surface area contributed by atoms with Crippen LogP contribution < -0.4 is 14.9 Å². The third-order valence-electron chi connectivity index (χ3n) is 7.53. The fourth-order valence-electron chi connectivity index (χ4n) is 5.28. The van der Waals surface area contributed by atoms with Crippen LogP contribution in [-0.2, 0) is 14.8 Å². The van der Waals surface area contributed by atoms with E-state index in [4.69, 9.17) is 0 Å². The van der Waals surface area contributed by atoms with Gasteiger partial charge in [0, 0.05) is 38.9 Å². The minimum atomic E-state index is -3.84. The number of sulfonamides is 1. The molecule has 0 aliphatic carbocycles. The number of carbonyl (C=O) groups excluding carboxylic acids is 1. The van der Waals surface area contributed by atoms with E-state index in [1.807, 2.05) is 0 Å². The van der Waals surface area contributed by atoms with Crippen molar-refractivity contribution in [2.24, 2.45) is 0 Å². The first kappa shape index (κ1) is 30.7. The predicted molar refractivity (Wildman–Crippen MR) is 160 cm³/mol. The molecule has 0 radical (unpaired) electrons. The van der Waals surface area contributed by atoms with Gasteiger partial charge in [0.15, 0.2) is 11.5 Å². The van der Waals surface area contributed by atoms with E-state index in [1.165, 1.54) is 32.3 Å². The maximum absolute atomic E-state index is 15.8. The summed E-state index contributed by atoms with van der Waals surface area (Å²) >= 11 is 0. The second-order valence-electron chi connectivity index (χ2n) is 10.4. The van der Waals surface area contributed by atoms with E-state index in [0.29, 0.717) is 0 Å². The second kappa shape index (κ2) is 11.4. The lowest BCUT2D eigenvalue weighted by Crippen LogP contribution is -2.54. The van der Waals surface area contributed by atoms with Gasteiger partial charge in [-0.15, -0.1) is 0 Å². The lowest BCUT2D eigenvalue weighted by molar-refractivity contribution is -0.126. The van der Waals surface area contributed by atoms with E-state index in [0.717, 1.165) is 39.4 Å². The number of amides is 1. The monoisotopic (exact) mass is 627 g/mol. The molecule has 0 N–H and O–H groups in total. The summed E-state index contributed by atoms with van der Waals surface area (Å²) in [5.74, 6) is -3.48. The molecule has 1 aliphatic heterocycles. The van der Waals surface area contributed by atoms with Crippen molar-refractivity contribution in [3.63, 3.8) is 0 Å². The summed E-state index contributed by atoms with van der Waals surface area (Å²) in [6, 6.07) is 4.98. The molecule has 0 spiro atoms. The SMILES string of the molecule is C=CC(=O)N1CCN(c2nc(=O)n(-c3c(N(C)S(C)(=O)=O)ccnc3C)c3nc(-c4c(F)cccc4F)c(F)cc23)[C@@H](C)C1. The number of fused-ring (bicyclic) bond motifs is 1. The van der Waals surface area contributed by atoms with Crippen molar-refractivity contribution >= 4 is 38.5 Å². The molecule has 4 aromatic rings. The first-order chi connectivity index (χ1) is 20.7. The molecule has 230 valence electrons. The van der Waals surface area contributed by atoms with E-state index in [2.05, 4.69) is 21.5 Å². The largest absolute Gasteiger partial charge is 0.355 e. The fraction of sp³-hybridized carbons (Fsp3) is 0.276. The van der Waals surface area contributed by atoms with Crippen molar-refractivity contribution in [1.29, 1.82) is 0 Å². The summed E-state index contributed by atoms with van der Waals surface area (Å²) in [6.07, 6.45) is 3.52. The summed E-state index contributed by atoms with van der Waals surface area (Å²) in [6.45, 7) is 7.54. The molecule has 5 rings (SSSR count). The maximum atomic E-state index is 15.8. The van der Waals surface area contributed by atoms with Gasteiger partial charge in [0.1, 0.15) is 23.1 Å². The lowest BCUT2D eigenvalue weighted by atomic mass is 10.1. The highest BCUT2D eigenvalue weighted by molar-refractivity contribution is 7.92. The summed E-state index contributed by atoms with van der Waals surface area (Å²) in [5, 5.41) is 0.00848. The number of rotatable bonds is 6. The number of carbonyl (C=O) groups is 1. The third-order valence-corrected chi connectivity index (χ3v) is 8.72. The first-order valence-corrected chi connectivity index (χ1v) is 15.2. The molecular formula is C29H28F3N7O4S. The van der Waals surface area contributed by atoms with E-state index in [-0.39, 0.29) is 59.5 Å². The summed E-state index contributed by atoms with van der Waals surface area (Å²) in [5.41, 5.74) is -2.41. The Balaban J connectivity index is 1.86. The molecule has 1 fully saturated rings. The van der Waals surface area contributed by atoms with Crippen LogP contribution in [0.25, 0.3) is 28.0 Å². The minimum Gasteiger partial charge on any atom is -0.350 e. The van der Waals surface area contributed by atoms with E-state index in [1.54, 1.807) is 16.7 Å². The average molecular weight is 628 g/mol. The van der Waals surface area contributed by atoms with Crippen LogP contribution in [0.1, 0.15) is 12.6 Å². The van der Waals surface area contributed by atoms with Crippen molar-refractivity contribution in [2.45, 2.75) is 19.9 Å². The number of nitrogens with zero attached hydrogens (tertiary/aromatic N) is 7. The molecule has 1 saturated heterocycles. The Labute approximate surface area is 250 Å². The number of hydrogen-bond donors (Lipinski definition) is 0. The van der Waals surface area contributed by atoms with Crippen molar-refractivity contribution in [3.05, 3.63) is 82.8 Å². The lowest BCUT2D eigenvalue weighted by Gasteiger charge is -2.40. The van der Waals surface area contributed by atoms with E-state index in [9.17, 15) is 26.8 Å². The average Bonchev–Trinajstić information content (AvgIpc) is 2.96. The molecule has 0 bridgehead atoms. The van der Waals surface area contributed by atoms with Crippen molar-refractivity contribution < 1.29 is 26.4 Å². The topological polar surface area (TPSA) is 122 Å². The zero-order chi connectivity index (χ0) is 32.1. The highest BCUT2D eigenvalue weighted by Crippen LogP contribution is 2.35. The summed E-state index contributed by atoms with van der Waals surface area (Å²) in [7, 11) is -2.56. The Hall–Kier alpha value is -4.79. The fourth-order valence-corrected chi connectivity index (χ4v) is 5.79. The van der Waals surface area contributed by atoms with Crippen LogP contribution in [-0.4, -0.2) is 77.7 Å². The van der Waals surface area contributed by atoms with Gasteiger partial charge in [0.05, 0.1) is 34.3 Å². The standard InChI is InChI=1S/C29H28F3N7O4S/c1-6-23(40)37-12-13-38(16(2)15-37)27-18-14-21(32)25(24-19(30)8-7-9-20(24)31)34-28(18)39(29(41)35-27)26-17(3)33-11-10-22(26)36(4)44(5,42)43/h6-11,14,16H,1,12-13,15H2,2-5H3/t16-/m0/s1. The van der Waals surface area contributed by atoms with Crippen LogP contribution in [0.4, 0.5) is 24.7 Å². The van der Waals surface area contributed by atoms with Crippen LogP contribution in [0.2, 0.25) is 0 Å². The van der Waals surface area contributed by atoms with Gasteiger partial charge >= 0.3 is 5.69 Å². The predicted octanol–water partition coefficient (Wildman–Crippen LogP) is 3.19. The number of anilines is 2. The molecule has 44 heavy (non-hydrogen) atoms. The Bertz CT molecular complexity index is 1980. The molecule has 1 aliphatic rings. The second-order valence-corrected chi connectivity index (χ2v) is 12.4. The molecule has 11 nitrogen and oxygen atoms in total. The maximum Gasteiger partial charge on any atom is 0.355 e. The number of piperazine rings is 1. The van der Waals surface area contributed by atoms with Gasteiger partial charge in [0.2, 0.25) is 15.9 Å². The molecule has 0 unspecified atom stereocenters. The first-order valence-electron chi connectivity index (χ1n) is 13.4. The molecular weight excluding hydrogens is 599 g/mol. The van der Waals surface area contributed by atoms with Crippen LogP contribution in [0.3, 0.4) is 0 Å². The van der Waals surface area contributed by atoms with Gasteiger partial charge in [-0.1, -0.05) is 12.6 Å². The zero-order valence-corrected chi connectivity index (χ0v) is 25.1. The van der Waals surface area contributed by atoms with Gasteiger partial charge in [-0.05, 0) is 44.2 Å². The van der Waals surface area contributed by atoms with E-state index >= 15 is 4.39 Å². The smallest absolute Gasteiger partial charge is 0.350 e. The van der Waals surface area contributed by atoms with Crippen LogP contribution in [0.15, 0.2) is 54.0 Å². The molecule has 4 heterocycles. The molecule has 1 atom stereocenters. The summed E-state index contributed by atoms with van der Waals surface area (Å²) in [4.78, 5) is 42.3. The highest BCUT2D eigenvalue weighted by Gasteiger charge is 2.31. The minimum absolute atomic E-state index is 0.00848. The van der Waals surface area contributed by atoms with Gasteiger partial charge in [0.25, 0.3) is 0 Å². The number of halogens is 3. The van der Waals surface area contributed by atoms with Crippen LogP contribution in [0.5, 0.6) is 0 Å². The number of aromatic nitrogens is 4. The normalized spacial score (nSPS) is 15.5. The Morgan fingerprint density at radius 2 is 1.80 bits per heavy atom. The molecule has 1 aromatic carbocycles. The third kappa shape index (κ3) is 5.27. The number of benzene rings is 1. The van der Waals surface area contributed by atoms with Gasteiger partial charge in [-0.2, -0.15) is 4.98 Å². The number of aryl methyl sites for hydroxylation is 1. The van der Waals surface area contributed by atoms with Crippen molar-refractivity contribution in [2.75, 3.05) is 42.1 Å². The van der Waals surface area contributed by atoms with E-state index < -0.39 is 50.5 Å². The van der Waals surface area contributed by atoms with Gasteiger partial charge < -0.3 is 9.80 Å². The molecule has 15 heteroatoms. The van der Waals surface area contributed by atoms with Gasteiger partial charge in [-0.25, -0.2) is 35.9 Å². The van der Waals surface area contributed by atoms with Crippen molar-refractivity contribution in [3.8, 4) is 16.9 Å². The van der Waals surface area contributed by atoms with Gasteiger partial charge in [-0.3, -0.25) is 14.1 Å². The van der Waals surface area contributed by atoms with Crippen LogP contribution in [0, 0.1) is 24.4 Å². The molecule has 0 saturated carbocycles. The Morgan fingerprint density at radius 1 is 1.11 bits per heavy atom. The number of pyridine rings is 2. The van der Waals surface area contributed by atoms with Crippen LogP contribution >= 0.6 is 0 Å². The molecule has 3 aromatic heterocycles. The quantitative estimate of drug-likeness (QED) is 0.299. The Morgan fingerprint density at radius 3 is 2.41 bits per heavy atom. The molecule has 1 amide bonds. The zero-order valence-electron chi connectivity index (χ0n) is 24.3. The van der Waals surface area contributed by atoms with Crippen molar-refractivity contribution in [1.82, 2.24) is 24.4 Å². The summed E-state index contributed by atoms with van der Waals surface area (Å²) < 4.78 is 72.5.